The molecule has 2 rings (SSSR count). The molecule has 5 heteroatoms. The van der Waals surface area contributed by atoms with Crippen LogP contribution >= 0.6 is 35.4 Å². The fourth-order valence-electron chi connectivity index (χ4n) is 1.58. The van der Waals surface area contributed by atoms with Crippen molar-refractivity contribution < 1.29 is 0 Å². The van der Waals surface area contributed by atoms with Gasteiger partial charge in [0.2, 0.25) is 0 Å². The Labute approximate surface area is 117 Å². The lowest BCUT2D eigenvalue weighted by Gasteiger charge is -2.18. The zero-order chi connectivity index (χ0) is 12.4. The highest BCUT2D eigenvalue weighted by Gasteiger charge is 2.22. The summed E-state index contributed by atoms with van der Waals surface area (Å²) in [5.74, 6) is 0. The topological polar surface area (TPSA) is 24.1 Å². The molecule has 1 aliphatic carbocycles. The van der Waals surface area contributed by atoms with Gasteiger partial charge in [0.25, 0.3) is 0 Å². The van der Waals surface area contributed by atoms with Gasteiger partial charge in [-0.05, 0) is 49.7 Å². The Morgan fingerprint density at radius 2 is 2.12 bits per heavy atom. The molecule has 1 aromatic carbocycles. The van der Waals surface area contributed by atoms with Crippen molar-refractivity contribution >= 4 is 40.5 Å². The quantitative estimate of drug-likeness (QED) is 0.830. The smallest absolute Gasteiger partial charge is 0.166 e. The molecule has 0 saturated heterocycles. The fourth-order valence-corrected chi connectivity index (χ4v) is 2.50. The number of benzene rings is 1. The van der Waals surface area contributed by atoms with Crippen LogP contribution in [0.15, 0.2) is 18.2 Å². The molecule has 1 fully saturated rings. The van der Waals surface area contributed by atoms with E-state index >= 15 is 0 Å². The highest BCUT2D eigenvalue weighted by Crippen LogP contribution is 2.26. The van der Waals surface area contributed by atoms with E-state index < -0.39 is 0 Å². The van der Waals surface area contributed by atoms with Crippen LogP contribution in [0.4, 0.5) is 0 Å². The van der Waals surface area contributed by atoms with E-state index in [4.69, 9.17) is 35.4 Å². The first-order valence-electron chi connectivity index (χ1n) is 5.58. The minimum absolute atomic E-state index is 0.0681. The van der Waals surface area contributed by atoms with Gasteiger partial charge in [0, 0.05) is 16.1 Å². The van der Waals surface area contributed by atoms with Crippen LogP contribution in [0.2, 0.25) is 10.0 Å². The van der Waals surface area contributed by atoms with E-state index in [0.29, 0.717) is 21.2 Å². The van der Waals surface area contributed by atoms with E-state index in [1.54, 1.807) is 6.07 Å². The van der Waals surface area contributed by atoms with Crippen LogP contribution in [-0.4, -0.2) is 11.2 Å². The third kappa shape index (κ3) is 3.73. The standard InChI is InChI=1S/C12H14Cl2N2S/c1-7(15-12(17)16-9-3-4-9)10-5-2-8(13)6-11(10)14/h2,5-7,9H,3-4H2,1H3,(H2,15,16,17)/t7-/m1/s1. The summed E-state index contributed by atoms with van der Waals surface area (Å²) in [6.07, 6.45) is 2.41. The predicted octanol–water partition coefficient (Wildman–Crippen LogP) is 3.68. The number of hydrogen-bond donors (Lipinski definition) is 2. The lowest BCUT2D eigenvalue weighted by Crippen LogP contribution is -2.38. The molecule has 0 amide bonds. The number of thiocarbonyl (C=S) groups is 1. The summed E-state index contributed by atoms with van der Waals surface area (Å²) in [7, 11) is 0. The molecule has 0 unspecified atom stereocenters. The van der Waals surface area contributed by atoms with Crippen LogP contribution in [0.25, 0.3) is 0 Å². The minimum Gasteiger partial charge on any atom is -0.360 e. The van der Waals surface area contributed by atoms with Crippen LogP contribution in [-0.2, 0) is 0 Å². The van der Waals surface area contributed by atoms with E-state index in [1.165, 1.54) is 12.8 Å². The lowest BCUT2D eigenvalue weighted by atomic mass is 10.1. The van der Waals surface area contributed by atoms with Gasteiger partial charge in [0.05, 0.1) is 6.04 Å². The second kappa shape index (κ2) is 5.42. The summed E-state index contributed by atoms with van der Waals surface area (Å²) in [5.41, 5.74) is 0.996. The molecular weight excluding hydrogens is 275 g/mol. The van der Waals surface area contributed by atoms with Crippen LogP contribution in [0.5, 0.6) is 0 Å². The third-order valence-electron chi connectivity index (χ3n) is 2.69. The van der Waals surface area contributed by atoms with E-state index in [0.717, 1.165) is 5.56 Å². The van der Waals surface area contributed by atoms with Crippen molar-refractivity contribution in [3.63, 3.8) is 0 Å². The van der Waals surface area contributed by atoms with Gasteiger partial charge in [-0.15, -0.1) is 0 Å². The molecule has 1 atom stereocenters. The maximum Gasteiger partial charge on any atom is 0.166 e. The maximum atomic E-state index is 6.14. The maximum absolute atomic E-state index is 6.14. The van der Waals surface area contributed by atoms with Gasteiger partial charge in [-0.25, -0.2) is 0 Å². The molecule has 0 bridgehead atoms. The Morgan fingerprint density at radius 1 is 1.41 bits per heavy atom. The Bertz CT molecular complexity index is 433. The molecule has 0 spiro atoms. The summed E-state index contributed by atoms with van der Waals surface area (Å²) in [6, 6.07) is 6.12. The van der Waals surface area contributed by atoms with Crippen molar-refractivity contribution in [1.29, 1.82) is 0 Å². The zero-order valence-corrected chi connectivity index (χ0v) is 11.8. The van der Waals surface area contributed by atoms with Gasteiger partial charge in [-0.3, -0.25) is 0 Å². The lowest BCUT2D eigenvalue weighted by molar-refractivity contribution is 0.697. The van der Waals surface area contributed by atoms with Crippen molar-refractivity contribution in [2.45, 2.75) is 31.8 Å². The van der Waals surface area contributed by atoms with Gasteiger partial charge in [-0.1, -0.05) is 29.3 Å². The van der Waals surface area contributed by atoms with Gasteiger partial charge >= 0.3 is 0 Å². The summed E-state index contributed by atoms with van der Waals surface area (Å²) in [4.78, 5) is 0. The van der Waals surface area contributed by atoms with Gasteiger partial charge in [-0.2, -0.15) is 0 Å². The number of rotatable bonds is 3. The summed E-state index contributed by atoms with van der Waals surface area (Å²) < 4.78 is 0. The largest absolute Gasteiger partial charge is 0.360 e. The molecular formula is C12H14Cl2N2S. The van der Waals surface area contributed by atoms with Gasteiger partial charge < -0.3 is 10.6 Å². The first kappa shape index (κ1) is 12.9. The first-order valence-corrected chi connectivity index (χ1v) is 6.74. The van der Waals surface area contributed by atoms with Gasteiger partial charge in [0.1, 0.15) is 0 Å². The van der Waals surface area contributed by atoms with Crippen LogP contribution in [0.3, 0.4) is 0 Å². The highest BCUT2D eigenvalue weighted by atomic mass is 35.5. The van der Waals surface area contributed by atoms with Crippen LogP contribution in [0, 0.1) is 0 Å². The van der Waals surface area contributed by atoms with E-state index in [1.807, 2.05) is 19.1 Å². The highest BCUT2D eigenvalue weighted by molar-refractivity contribution is 7.80. The van der Waals surface area contributed by atoms with Gasteiger partial charge in [0.15, 0.2) is 5.11 Å². The van der Waals surface area contributed by atoms with Crippen molar-refractivity contribution in [3.8, 4) is 0 Å². The molecule has 0 heterocycles. The van der Waals surface area contributed by atoms with Crippen molar-refractivity contribution in [1.82, 2.24) is 10.6 Å². The molecule has 0 aliphatic heterocycles. The summed E-state index contributed by atoms with van der Waals surface area (Å²) in [5, 5.41) is 8.45. The van der Waals surface area contributed by atoms with E-state index in [2.05, 4.69) is 10.6 Å². The molecule has 0 aromatic heterocycles. The summed E-state index contributed by atoms with van der Waals surface area (Å²) in [6.45, 7) is 2.02. The van der Waals surface area contributed by atoms with Crippen molar-refractivity contribution in [2.75, 3.05) is 0 Å². The Hall–Kier alpha value is -0.510. The number of halogens is 2. The Balaban J connectivity index is 1.97. The first-order chi connectivity index (χ1) is 8.06. The summed E-state index contributed by atoms with van der Waals surface area (Å²) >= 11 is 17.2. The molecule has 2 nitrogen and oxygen atoms in total. The molecule has 0 radical (unpaired) electrons. The fraction of sp³-hybridized carbons (Fsp3) is 0.417. The molecule has 1 saturated carbocycles. The SMILES string of the molecule is C[C@@H](NC(=S)NC1CC1)c1ccc(Cl)cc1Cl. The third-order valence-corrected chi connectivity index (χ3v) is 3.49. The predicted molar refractivity (Wildman–Crippen MR) is 76.8 cm³/mol. The van der Waals surface area contributed by atoms with Crippen molar-refractivity contribution in [2.24, 2.45) is 0 Å². The molecule has 2 N–H and O–H groups in total. The van der Waals surface area contributed by atoms with Crippen LogP contribution < -0.4 is 10.6 Å². The molecule has 1 aliphatic rings. The number of nitrogens with one attached hydrogen (secondary N) is 2. The monoisotopic (exact) mass is 288 g/mol. The molecule has 92 valence electrons. The zero-order valence-electron chi connectivity index (χ0n) is 9.47. The second-order valence-corrected chi connectivity index (χ2v) is 5.53. The Kier molecular flexibility index (Phi) is 4.13. The second-order valence-electron chi connectivity index (χ2n) is 4.28. The van der Waals surface area contributed by atoms with Crippen LogP contribution in [0.1, 0.15) is 31.4 Å². The molecule has 1 aromatic rings. The normalized spacial score (nSPS) is 16.4. The van der Waals surface area contributed by atoms with E-state index in [9.17, 15) is 0 Å². The Morgan fingerprint density at radius 3 is 2.71 bits per heavy atom. The average molecular weight is 289 g/mol. The van der Waals surface area contributed by atoms with Crippen molar-refractivity contribution in [3.05, 3.63) is 33.8 Å². The number of hydrogen-bond acceptors (Lipinski definition) is 1. The average Bonchev–Trinajstić information content (AvgIpc) is 3.00. The minimum atomic E-state index is 0.0681. The van der Waals surface area contributed by atoms with E-state index in [-0.39, 0.29) is 6.04 Å². The molecule has 17 heavy (non-hydrogen) atoms.